The number of aromatic nitrogens is 2. The first-order chi connectivity index (χ1) is 14.2. The van der Waals surface area contributed by atoms with E-state index in [-0.39, 0.29) is 17.9 Å². The Morgan fingerprint density at radius 2 is 1.93 bits per heavy atom. The van der Waals surface area contributed by atoms with Gasteiger partial charge in [-0.3, -0.25) is 10.2 Å². The fourth-order valence-electron chi connectivity index (χ4n) is 2.65. The highest BCUT2D eigenvalue weighted by Gasteiger charge is 2.19. The van der Waals surface area contributed by atoms with Crippen molar-refractivity contribution in [2.45, 2.75) is 20.4 Å². The molecule has 0 aliphatic rings. The summed E-state index contributed by atoms with van der Waals surface area (Å²) in [6, 6.07) is 6.96. The van der Waals surface area contributed by atoms with Crippen LogP contribution in [0.15, 0.2) is 34.9 Å². The molecule has 0 aliphatic carbocycles. The van der Waals surface area contributed by atoms with E-state index >= 15 is 0 Å². The quantitative estimate of drug-likeness (QED) is 0.519. The summed E-state index contributed by atoms with van der Waals surface area (Å²) in [6.07, 6.45) is 0. The van der Waals surface area contributed by atoms with Gasteiger partial charge in [0.25, 0.3) is 0 Å². The first-order valence-corrected chi connectivity index (χ1v) is 9.39. The average molecular weight is 452 g/mol. The second-order valence-corrected chi connectivity index (χ2v) is 7.09. The predicted octanol–water partition coefficient (Wildman–Crippen LogP) is 4.01. The van der Waals surface area contributed by atoms with Crippen molar-refractivity contribution in [2.24, 2.45) is 0 Å². The molecule has 1 heterocycles. The van der Waals surface area contributed by atoms with E-state index in [2.05, 4.69) is 26.3 Å². The van der Waals surface area contributed by atoms with Gasteiger partial charge in [-0.25, -0.2) is 14.6 Å². The van der Waals surface area contributed by atoms with Crippen LogP contribution in [0.5, 0.6) is 0 Å². The molecule has 30 heavy (non-hydrogen) atoms. The molecule has 0 spiro atoms. The van der Waals surface area contributed by atoms with Crippen LogP contribution in [0.4, 0.5) is 9.18 Å². The maximum absolute atomic E-state index is 14.7. The molecule has 0 bridgehead atoms. The van der Waals surface area contributed by atoms with Crippen molar-refractivity contribution in [1.29, 1.82) is 0 Å². The minimum absolute atomic E-state index is 0.0925. The number of nitrogens with one attached hydrogen (secondary N) is 3. The van der Waals surface area contributed by atoms with Crippen molar-refractivity contribution >= 4 is 35.1 Å². The largest absolute Gasteiger partial charge is 0.339 e. The number of rotatable bonds is 4. The van der Waals surface area contributed by atoms with Crippen LogP contribution >= 0.6 is 23.2 Å². The third kappa shape index (κ3) is 5.05. The zero-order chi connectivity index (χ0) is 21.8. The van der Waals surface area contributed by atoms with E-state index in [1.165, 1.54) is 25.1 Å². The van der Waals surface area contributed by atoms with Crippen LogP contribution in [0.1, 0.15) is 18.4 Å². The first-order valence-electron chi connectivity index (χ1n) is 8.63. The van der Waals surface area contributed by atoms with Crippen LogP contribution in [0.3, 0.4) is 0 Å². The zero-order valence-corrected chi connectivity index (χ0v) is 17.4. The Hall–Kier alpha value is -3.17. The van der Waals surface area contributed by atoms with Crippen LogP contribution in [0.25, 0.3) is 22.5 Å². The van der Waals surface area contributed by atoms with Gasteiger partial charge in [-0.15, -0.1) is 0 Å². The molecule has 0 saturated carbocycles. The van der Waals surface area contributed by atoms with Crippen molar-refractivity contribution in [3.8, 4) is 22.5 Å². The minimum atomic E-state index is -0.676. The standard InChI is InChI=1S/C19H16Cl2FN5O3/c1-9(28)25-26-19(29)23-8-12-4-3-11(5-16(12)22)14-6-13(20)7-15(21)17(14)18-24-10(2)30-27-18/h3-7H,8H2,1-2H3,(H,25,28)(H2,23,26,29). The van der Waals surface area contributed by atoms with E-state index in [0.29, 0.717) is 32.6 Å². The van der Waals surface area contributed by atoms with Crippen LogP contribution < -0.4 is 16.2 Å². The van der Waals surface area contributed by atoms with Crippen molar-refractivity contribution in [3.63, 3.8) is 0 Å². The second kappa shape index (κ2) is 9.10. The number of carbonyl (C=O) groups excluding carboxylic acids is 2. The van der Waals surface area contributed by atoms with Crippen molar-refractivity contribution in [3.05, 3.63) is 57.6 Å². The van der Waals surface area contributed by atoms with Gasteiger partial charge in [0.15, 0.2) is 0 Å². The molecule has 3 amide bonds. The van der Waals surface area contributed by atoms with Gasteiger partial charge >= 0.3 is 6.03 Å². The number of halogens is 3. The highest BCUT2D eigenvalue weighted by molar-refractivity contribution is 6.37. The Balaban J connectivity index is 1.88. The molecule has 0 aliphatic heterocycles. The van der Waals surface area contributed by atoms with Crippen LogP contribution in [0, 0.1) is 12.7 Å². The van der Waals surface area contributed by atoms with Gasteiger partial charge in [-0.05, 0) is 29.3 Å². The number of nitrogens with zero attached hydrogens (tertiary/aromatic N) is 2. The van der Waals surface area contributed by atoms with E-state index in [0.717, 1.165) is 0 Å². The fraction of sp³-hybridized carbons (Fsp3) is 0.158. The monoisotopic (exact) mass is 451 g/mol. The molecular formula is C19H16Cl2FN5O3. The van der Waals surface area contributed by atoms with E-state index in [4.69, 9.17) is 27.7 Å². The number of hydrogen-bond acceptors (Lipinski definition) is 5. The third-order valence-corrected chi connectivity index (χ3v) is 4.48. The Kier molecular flexibility index (Phi) is 6.53. The number of urea groups is 1. The molecule has 2 aromatic carbocycles. The maximum Gasteiger partial charge on any atom is 0.333 e. The van der Waals surface area contributed by atoms with E-state index in [1.807, 2.05) is 0 Å². The van der Waals surface area contributed by atoms with Crippen LogP contribution in [-0.4, -0.2) is 22.1 Å². The van der Waals surface area contributed by atoms with E-state index in [1.54, 1.807) is 19.1 Å². The minimum Gasteiger partial charge on any atom is -0.339 e. The van der Waals surface area contributed by atoms with Crippen molar-refractivity contribution < 1.29 is 18.5 Å². The maximum atomic E-state index is 14.7. The van der Waals surface area contributed by atoms with Gasteiger partial charge in [-0.1, -0.05) is 40.5 Å². The first kappa shape index (κ1) is 21.5. The number of hydrogen-bond donors (Lipinski definition) is 3. The summed E-state index contributed by atoms with van der Waals surface area (Å²) in [5, 5.41) is 6.97. The summed E-state index contributed by atoms with van der Waals surface area (Å²) in [6.45, 7) is 2.79. The molecule has 8 nitrogen and oxygen atoms in total. The molecule has 11 heteroatoms. The third-order valence-electron chi connectivity index (χ3n) is 3.96. The molecule has 0 radical (unpaired) electrons. The molecule has 0 atom stereocenters. The van der Waals surface area contributed by atoms with Crippen molar-refractivity contribution in [1.82, 2.24) is 26.3 Å². The lowest BCUT2D eigenvalue weighted by Gasteiger charge is -2.12. The normalized spacial score (nSPS) is 10.6. The SMILES string of the molecule is CC(=O)NNC(=O)NCc1ccc(-c2cc(Cl)cc(Cl)c2-c2noc(C)n2)cc1F. The lowest BCUT2D eigenvalue weighted by molar-refractivity contribution is -0.119. The molecule has 0 fully saturated rings. The summed E-state index contributed by atoms with van der Waals surface area (Å²) in [5.41, 5.74) is 5.95. The molecule has 0 unspecified atom stereocenters. The summed E-state index contributed by atoms with van der Waals surface area (Å²) >= 11 is 12.5. The smallest absolute Gasteiger partial charge is 0.333 e. The predicted molar refractivity (Wildman–Crippen MR) is 109 cm³/mol. The average Bonchev–Trinajstić information content (AvgIpc) is 3.10. The molecule has 3 N–H and O–H groups in total. The van der Waals surface area contributed by atoms with Gasteiger partial charge in [0, 0.05) is 36.5 Å². The van der Waals surface area contributed by atoms with E-state index in [9.17, 15) is 14.0 Å². The summed E-state index contributed by atoms with van der Waals surface area (Å²) in [5.74, 6) is -0.385. The summed E-state index contributed by atoms with van der Waals surface area (Å²) < 4.78 is 19.7. The number of amides is 3. The molecule has 3 rings (SSSR count). The Labute approximate surface area is 180 Å². The molecule has 156 valence electrons. The number of benzene rings is 2. The van der Waals surface area contributed by atoms with Gasteiger partial charge in [-0.2, -0.15) is 4.98 Å². The Morgan fingerprint density at radius 3 is 2.57 bits per heavy atom. The molecular weight excluding hydrogens is 436 g/mol. The summed E-state index contributed by atoms with van der Waals surface area (Å²) in [7, 11) is 0. The number of hydrazine groups is 1. The Bertz CT molecular complexity index is 1120. The number of aryl methyl sites for hydroxylation is 1. The molecule has 1 aromatic heterocycles. The van der Waals surface area contributed by atoms with Gasteiger partial charge in [0.2, 0.25) is 17.6 Å². The highest BCUT2D eigenvalue weighted by atomic mass is 35.5. The van der Waals surface area contributed by atoms with Crippen LogP contribution in [-0.2, 0) is 11.3 Å². The van der Waals surface area contributed by atoms with Gasteiger partial charge in [0.1, 0.15) is 5.82 Å². The molecule has 0 saturated heterocycles. The fourth-order valence-corrected chi connectivity index (χ4v) is 3.23. The van der Waals surface area contributed by atoms with Gasteiger partial charge in [0.05, 0.1) is 5.02 Å². The van der Waals surface area contributed by atoms with E-state index < -0.39 is 17.8 Å². The lowest BCUT2D eigenvalue weighted by Crippen LogP contribution is -2.45. The Morgan fingerprint density at radius 1 is 1.17 bits per heavy atom. The summed E-state index contributed by atoms with van der Waals surface area (Å²) in [4.78, 5) is 26.6. The van der Waals surface area contributed by atoms with Gasteiger partial charge < -0.3 is 9.84 Å². The molecule has 3 aromatic rings. The van der Waals surface area contributed by atoms with Crippen molar-refractivity contribution in [2.75, 3.05) is 0 Å². The highest BCUT2D eigenvalue weighted by Crippen LogP contribution is 2.39. The lowest BCUT2D eigenvalue weighted by atomic mass is 9.97. The topological polar surface area (TPSA) is 109 Å². The second-order valence-electron chi connectivity index (χ2n) is 6.24. The van der Waals surface area contributed by atoms with Crippen LogP contribution in [0.2, 0.25) is 10.0 Å². The zero-order valence-electron chi connectivity index (χ0n) is 15.8. The number of carbonyl (C=O) groups is 2.